The number of carbonyl (C=O) groups excluding carboxylic acids is 2. The molecule has 0 radical (unpaired) electrons. The zero-order chi connectivity index (χ0) is 61.9. The number of likely N-dealkylation sites (N-methyl/N-ethyl adjacent to an activating group) is 1. The van der Waals surface area contributed by atoms with Crippen molar-refractivity contribution < 1.29 is 42.1 Å². The molecular formula is C75H139NO8P+. The highest BCUT2D eigenvalue weighted by Crippen LogP contribution is 2.43. The van der Waals surface area contributed by atoms with Crippen LogP contribution in [0.15, 0.2) is 72.9 Å². The van der Waals surface area contributed by atoms with Gasteiger partial charge in [0.05, 0.1) is 27.7 Å². The fraction of sp³-hybridized carbons (Fsp3) is 0.813. The monoisotopic (exact) mass is 1210 g/mol. The lowest BCUT2D eigenvalue weighted by Gasteiger charge is -2.24. The summed E-state index contributed by atoms with van der Waals surface area (Å²) < 4.78 is 34.8. The Hall–Kier alpha value is -2.55. The van der Waals surface area contributed by atoms with E-state index in [-0.39, 0.29) is 25.6 Å². The maximum absolute atomic E-state index is 12.9. The Bertz CT molecular complexity index is 1660. The van der Waals surface area contributed by atoms with Crippen LogP contribution in [0.5, 0.6) is 0 Å². The minimum atomic E-state index is -4.39. The van der Waals surface area contributed by atoms with E-state index in [1.54, 1.807) is 0 Å². The van der Waals surface area contributed by atoms with Crippen LogP contribution in [0.25, 0.3) is 0 Å². The molecule has 0 fully saturated rings. The number of allylic oxidation sites excluding steroid dienone is 12. The fourth-order valence-corrected chi connectivity index (χ4v) is 11.2. The van der Waals surface area contributed by atoms with Crippen molar-refractivity contribution in [1.29, 1.82) is 0 Å². The second-order valence-electron chi connectivity index (χ2n) is 25.6. The molecule has 0 aliphatic carbocycles. The van der Waals surface area contributed by atoms with E-state index in [4.69, 9.17) is 18.5 Å². The molecule has 0 rings (SSSR count). The summed E-state index contributed by atoms with van der Waals surface area (Å²) in [6.07, 6.45) is 88.7. The summed E-state index contributed by atoms with van der Waals surface area (Å²) in [5.41, 5.74) is 0. The molecule has 0 amide bonds. The van der Waals surface area contributed by atoms with Crippen LogP contribution in [0.4, 0.5) is 0 Å². The highest BCUT2D eigenvalue weighted by atomic mass is 31.2. The van der Waals surface area contributed by atoms with Crippen LogP contribution < -0.4 is 0 Å². The fourth-order valence-electron chi connectivity index (χ4n) is 10.5. The number of nitrogens with zero attached hydrogens (tertiary/aromatic N) is 1. The highest BCUT2D eigenvalue weighted by Gasteiger charge is 2.27. The number of unbranched alkanes of at least 4 members (excludes halogenated alkanes) is 41. The van der Waals surface area contributed by atoms with Gasteiger partial charge in [0.15, 0.2) is 6.10 Å². The quantitative estimate of drug-likeness (QED) is 0.0211. The Morgan fingerprint density at radius 3 is 1.00 bits per heavy atom. The van der Waals surface area contributed by atoms with Gasteiger partial charge in [-0.3, -0.25) is 18.6 Å². The van der Waals surface area contributed by atoms with Gasteiger partial charge in [0.1, 0.15) is 19.8 Å². The molecule has 0 spiro atoms. The number of hydrogen-bond donors (Lipinski definition) is 1. The molecule has 0 aliphatic heterocycles. The van der Waals surface area contributed by atoms with Crippen LogP contribution >= 0.6 is 7.82 Å². The van der Waals surface area contributed by atoms with Crippen LogP contribution in [0.2, 0.25) is 0 Å². The lowest BCUT2D eigenvalue weighted by atomic mass is 10.0. The smallest absolute Gasteiger partial charge is 0.462 e. The van der Waals surface area contributed by atoms with E-state index in [2.05, 4.69) is 86.8 Å². The molecule has 0 aromatic rings. The van der Waals surface area contributed by atoms with Gasteiger partial charge in [0.2, 0.25) is 0 Å². The third kappa shape index (κ3) is 70.4. The van der Waals surface area contributed by atoms with E-state index in [1.807, 2.05) is 21.1 Å². The average molecular weight is 1210 g/mol. The third-order valence-electron chi connectivity index (χ3n) is 16.0. The molecule has 0 bridgehead atoms. The van der Waals surface area contributed by atoms with Gasteiger partial charge in [-0.25, -0.2) is 4.57 Å². The molecule has 0 saturated carbocycles. The maximum atomic E-state index is 12.9. The van der Waals surface area contributed by atoms with Crippen molar-refractivity contribution in [3.63, 3.8) is 0 Å². The Morgan fingerprint density at radius 1 is 0.376 bits per heavy atom. The second-order valence-corrected chi connectivity index (χ2v) is 27.1. The van der Waals surface area contributed by atoms with Crippen LogP contribution in [0.3, 0.4) is 0 Å². The van der Waals surface area contributed by atoms with E-state index in [9.17, 15) is 19.0 Å². The first-order valence-corrected chi connectivity index (χ1v) is 37.7. The Balaban J connectivity index is 4.01. The maximum Gasteiger partial charge on any atom is 0.472 e. The van der Waals surface area contributed by atoms with E-state index >= 15 is 0 Å². The molecule has 0 saturated heterocycles. The molecule has 496 valence electrons. The summed E-state index contributed by atoms with van der Waals surface area (Å²) in [7, 11) is 1.49. The Labute approximate surface area is 527 Å². The van der Waals surface area contributed by atoms with Crippen molar-refractivity contribution in [1.82, 2.24) is 0 Å². The SMILES string of the molecule is CC/C=C\C/C=C\C/C=C\C/C=C\C/C=C\C/C=C\CCCCCCCCCCCCCCCCC(=O)OC(COC(=O)CCCCCCCCCCCCCCCCCCCCCCCCCCCCCC)COP(=O)(O)OCC[N+](C)(C)C. The predicted octanol–water partition coefficient (Wildman–Crippen LogP) is 23.6. The molecule has 10 heteroatoms. The number of rotatable bonds is 67. The lowest BCUT2D eigenvalue weighted by molar-refractivity contribution is -0.870. The van der Waals surface area contributed by atoms with Crippen molar-refractivity contribution in [2.24, 2.45) is 0 Å². The van der Waals surface area contributed by atoms with Gasteiger partial charge in [-0.2, -0.15) is 0 Å². The molecule has 0 aromatic heterocycles. The van der Waals surface area contributed by atoms with E-state index in [1.165, 1.54) is 231 Å². The third-order valence-corrected chi connectivity index (χ3v) is 17.0. The normalized spacial score (nSPS) is 13.5. The van der Waals surface area contributed by atoms with Gasteiger partial charge in [-0.15, -0.1) is 0 Å². The van der Waals surface area contributed by atoms with E-state index < -0.39 is 26.5 Å². The van der Waals surface area contributed by atoms with E-state index in [0.717, 1.165) is 77.0 Å². The van der Waals surface area contributed by atoms with Crippen LogP contribution in [-0.4, -0.2) is 74.9 Å². The Morgan fingerprint density at radius 2 is 0.671 bits per heavy atom. The summed E-state index contributed by atoms with van der Waals surface area (Å²) in [4.78, 5) is 35.9. The largest absolute Gasteiger partial charge is 0.472 e. The Kier molecular flexibility index (Phi) is 63.9. The first-order chi connectivity index (χ1) is 41.5. The number of hydrogen-bond acceptors (Lipinski definition) is 7. The van der Waals surface area contributed by atoms with Crippen LogP contribution in [-0.2, 0) is 32.7 Å². The summed E-state index contributed by atoms with van der Waals surface area (Å²) in [6.45, 7) is 4.38. The van der Waals surface area contributed by atoms with Gasteiger partial charge in [0, 0.05) is 12.8 Å². The summed E-state index contributed by atoms with van der Waals surface area (Å²) >= 11 is 0. The number of esters is 2. The van der Waals surface area contributed by atoms with Gasteiger partial charge < -0.3 is 18.9 Å². The standard InChI is InChI=1S/C75H138NO8P/c1-6-8-10-12-14-16-18-20-22-24-26-28-30-32-34-36-37-38-39-40-42-44-46-48-50-52-54-56-58-60-62-64-66-68-75(78)84-73(72-83-85(79,80)82-70-69-76(3,4)5)71-81-74(77)67-65-63-61-59-57-55-53-51-49-47-45-43-41-35-33-31-29-27-25-23-21-19-17-15-13-11-9-7-2/h8,10,14,16,20,22,26,28,32,34,37-38,73H,6-7,9,11-13,15,17-19,21,23-25,27,29-31,33,35-36,39-72H2,1-5H3/p+1/b10-8-,16-14-,22-20-,28-26-,34-32-,38-37-. The van der Waals surface area contributed by atoms with Crippen molar-refractivity contribution in [3.05, 3.63) is 72.9 Å². The highest BCUT2D eigenvalue weighted by molar-refractivity contribution is 7.47. The molecule has 0 aliphatic rings. The number of phosphoric ester groups is 1. The minimum Gasteiger partial charge on any atom is -0.462 e. The molecule has 1 N–H and O–H groups in total. The molecule has 85 heavy (non-hydrogen) atoms. The van der Waals surface area contributed by atoms with Crippen LogP contribution in [0.1, 0.15) is 341 Å². The van der Waals surface area contributed by atoms with Crippen molar-refractivity contribution in [2.45, 2.75) is 347 Å². The summed E-state index contributed by atoms with van der Waals surface area (Å²) in [5, 5.41) is 0. The minimum absolute atomic E-state index is 0.0319. The first kappa shape index (κ1) is 82.5. The average Bonchev–Trinajstić information content (AvgIpc) is 3.54. The molecule has 0 aromatic carbocycles. The molecule has 9 nitrogen and oxygen atoms in total. The number of quaternary nitrogens is 1. The van der Waals surface area contributed by atoms with Crippen molar-refractivity contribution in [2.75, 3.05) is 47.5 Å². The van der Waals surface area contributed by atoms with Crippen molar-refractivity contribution >= 4 is 19.8 Å². The number of ether oxygens (including phenoxy) is 2. The lowest BCUT2D eigenvalue weighted by Crippen LogP contribution is -2.37. The summed E-state index contributed by atoms with van der Waals surface area (Å²) in [6, 6.07) is 0. The molecular weight excluding hydrogens is 1070 g/mol. The zero-order valence-corrected chi connectivity index (χ0v) is 57.5. The topological polar surface area (TPSA) is 108 Å². The van der Waals surface area contributed by atoms with E-state index in [0.29, 0.717) is 23.9 Å². The molecule has 2 atom stereocenters. The van der Waals surface area contributed by atoms with Crippen LogP contribution in [0, 0.1) is 0 Å². The first-order valence-electron chi connectivity index (χ1n) is 36.2. The van der Waals surface area contributed by atoms with Gasteiger partial charge in [-0.1, -0.05) is 337 Å². The number of carbonyl (C=O) groups is 2. The zero-order valence-electron chi connectivity index (χ0n) is 56.6. The van der Waals surface area contributed by atoms with Gasteiger partial charge in [0.25, 0.3) is 0 Å². The molecule has 0 heterocycles. The number of phosphoric acid groups is 1. The molecule has 2 unspecified atom stereocenters. The predicted molar refractivity (Wildman–Crippen MR) is 367 cm³/mol. The van der Waals surface area contributed by atoms with Gasteiger partial charge in [-0.05, 0) is 64.2 Å². The second kappa shape index (κ2) is 65.9. The summed E-state index contributed by atoms with van der Waals surface area (Å²) in [5.74, 6) is -0.782. The van der Waals surface area contributed by atoms with Gasteiger partial charge >= 0.3 is 19.8 Å². The van der Waals surface area contributed by atoms with Crippen molar-refractivity contribution in [3.8, 4) is 0 Å².